The van der Waals surface area contributed by atoms with Gasteiger partial charge in [-0.15, -0.1) is 0 Å². The average Bonchev–Trinajstić information content (AvgIpc) is 2.23. The topological polar surface area (TPSA) is 49.8 Å². The van der Waals surface area contributed by atoms with Crippen molar-refractivity contribution < 1.29 is 19.0 Å². The van der Waals surface area contributed by atoms with Crippen LogP contribution >= 0.6 is 0 Å². The van der Waals surface area contributed by atoms with Crippen molar-refractivity contribution in [2.45, 2.75) is 76.4 Å². The number of carbonyl (C=O) groups is 1. The summed E-state index contributed by atoms with van der Waals surface area (Å²) >= 11 is 0. The zero-order valence-corrected chi connectivity index (χ0v) is 11.2. The molecule has 0 aromatic carbocycles. The number of piperidine rings is 2. The quantitative estimate of drug-likeness (QED) is 0.726. The highest BCUT2D eigenvalue weighted by Gasteiger charge is 2.48. The molecule has 2 heterocycles. The lowest BCUT2D eigenvalue weighted by atomic mass is 9.82. The maximum atomic E-state index is 14.0. The molecule has 0 unspecified atom stereocenters. The molecule has 0 radical (unpaired) electrons. The van der Waals surface area contributed by atoms with Gasteiger partial charge in [-0.3, -0.25) is 4.90 Å². The zero-order valence-electron chi connectivity index (χ0n) is 11.2. The third-order valence-electron chi connectivity index (χ3n) is 3.64. The van der Waals surface area contributed by atoms with Crippen LogP contribution in [0.4, 0.5) is 9.18 Å². The number of carbonyl (C=O) groups excluding carboxylic acids is 1. The Bertz CT molecular complexity index is 329. The number of fused-ring (bicyclic) bond motifs is 2. The summed E-state index contributed by atoms with van der Waals surface area (Å²) < 4.78 is 19.3. The Morgan fingerprint density at radius 3 is 2.67 bits per heavy atom. The van der Waals surface area contributed by atoms with Gasteiger partial charge in [0, 0.05) is 6.04 Å². The van der Waals surface area contributed by atoms with Gasteiger partial charge in [0.15, 0.2) is 0 Å². The summed E-state index contributed by atoms with van der Waals surface area (Å²) in [7, 11) is 0. The van der Waals surface area contributed by atoms with E-state index in [-0.39, 0.29) is 6.04 Å². The van der Waals surface area contributed by atoms with Crippen LogP contribution in [-0.4, -0.2) is 46.1 Å². The summed E-state index contributed by atoms with van der Waals surface area (Å²) in [6.07, 6.45) is -0.105. The van der Waals surface area contributed by atoms with Gasteiger partial charge in [-0.05, 0) is 46.5 Å². The summed E-state index contributed by atoms with van der Waals surface area (Å²) in [5, 5.41) is 9.66. The van der Waals surface area contributed by atoms with E-state index in [9.17, 15) is 14.3 Å². The Labute approximate surface area is 107 Å². The number of halogens is 1. The monoisotopic (exact) mass is 259 g/mol. The molecule has 104 valence electrons. The molecule has 2 rings (SSSR count). The van der Waals surface area contributed by atoms with Crippen molar-refractivity contribution >= 4 is 6.09 Å². The summed E-state index contributed by atoms with van der Waals surface area (Å²) in [4.78, 5) is 13.7. The van der Waals surface area contributed by atoms with E-state index < -0.39 is 30.0 Å². The molecule has 5 heteroatoms. The van der Waals surface area contributed by atoms with Crippen LogP contribution in [0.15, 0.2) is 0 Å². The molecular formula is C13H22FNO3. The molecular weight excluding hydrogens is 237 g/mol. The Morgan fingerprint density at radius 1 is 1.39 bits per heavy atom. The second-order valence-electron chi connectivity index (χ2n) is 6.29. The molecule has 0 saturated carbocycles. The van der Waals surface area contributed by atoms with Gasteiger partial charge >= 0.3 is 6.09 Å². The lowest BCUT2D eigenvalue weighted by Crippen LogP contribution is -2.62. The van der Waals surface area contributed by atoms with E-state index in [1.165, 1.54) is 4.90 Å². The number of hydrogen-bond acceptors (Lipinski definition) is 3. The van der Waals surface area contributed by atoms with Crippen molar-refractivity contribution in [2.24, 2.45) is 0 Å². The maximum Gasteiger partial charge on any atom is 0.410 e. The van der Waals surface area contributed by atoms with Crippen LogP contribution < -0.4 is 0 Å². The van der Waals surface area contributed by atoms with Crippen LogP contribution in [0.3, 0.4) is 0 Å². The number of aliphatic hydroxyl groups excluding tert-OH is 1. The summed E-state index contributed by atoms with van der Waals surface area (Å²) in [5.41, 5.74) is -0.576. The molecule has 1 N–H and O–H groups in total. The number of alkyl halides is 1. The van der Waals surface area contributed by atoms with E-state index in [1.54, 1.807) is 20.8 Å². The highest BCUT2D eigenvalue weighted by atomic mass is 19.1. The van der Waals surface area contributed by atoms with Crippen LogP contribution in [-0.2, 0) is 4.74 Å². The second-order valence-corrected chi connectivity index (χ2v) is 6.29. The first-order chi connectivity index (χ1) is 8.29. The van der Waals surface area contributed by atoms with Crippen molar-refractivity contribution in [3.05, 3.63) is 0 Å². The van der Waals surface area contributed by atoms with Crippen molar-refractivity contribution in [3.8, 4) is 0 Å². The standard InChI is InChI=1S/C13H22FNO3/c1-13(2,3)18-12(17)15-8-5-4-6-9(15)11(14)10(16)7-8/h8-11,16H,4-7H2,1-3H3/t8-,9+,10-,11+/m1/s1. The van der Waals surface area contributed by atoms with E-state index >= 15 is 0 Å². The van der Waals surface area contributed by atoms with Gasteiger partial charge in [0.05, 0.1) is 12.1 Å². The smallest absolute Gasteiger partial charge is 0.410 e. The largest absolute Gasteiger partial charge is 0.444 e. The van der Waals surface area contributed by atoms with Gasteiger partial charge < -0.3 is 9.84 Å². The number of hydrogen-bond donors (Lipinski definition) is 1. The number of ether oxygens (including phenoxy) is 1. The van der Waals surface area contributed by atoms with Crippen molar-refractivity contribution in [2.75, 3.05) is 0 Å². The fourth-order valence-corrected chi connectivity index (χ4v) is 2.92. The maximum absolute atomic E-state index is 14.0. The minimum atomic E-state index is -1.35. The van der Waals surface area contributed by atoms with Crippen LogP contribution in [0.5, 0.6) is 0 Å². The van der Waals surface area contributed by atoms with Crippen LogP contribution in [0, 0.1) is 0 Å². The third kappa shape index (κ3) is 2.60. The predicted molar refractivity (Wildman–Crippen MR) is 65.0 cm³/mol. The van der Waals surface area contributed by atoms with Crippen molar-refractivity contribution in [1.82, 2.24) is 4.90 Å². The van der Waals surface area contributed by atoms with Crippen LogP contribution in [0.2, 0.25) is 0 Å². The van der Waals surface area contributed by atoms with Gasteiger partial charge in [0.2, 0.25) is 0 Å². The van der Waals surface area contributed by atoms with Gasteiger partial charge in [-0.25, -0.2) is 9.18 Å². The summed E-state index contributed by atoms with van der Waals surface area (Å²) in [6, 6.07) is -0.608. The molecule has 4 atom stereocenters. The molecule has 1 amide bonds. The highest BCUT2D eigenvalue weighted by Crippen LogP contribution is 2.36. The molecule has 2 aliphatic heterocycles. The fourth-order valence-electron chi connectivity index (χ4n) is 2.92. The lowest BCUT2D eigenvalue weighted by Gasteiger charge is -2.49. The molecule has 2 aliphatic rings. The second kappa shape index (κ2) is 4.68. The number of nitrogens with zero attached hydrogens (tertiary/aromatic N) is 1. The minimum absolute atomic E-state index is 0.0828. The molecule has 0 aliphatic carbocycles. The van der Waals surface area contributed by atoms with E-state index in [2.05, 4.69) is 0 Å². The van der Waals surface area contributed by atoms with E-state index in [0.29, 0.717) is 12.8 Å². The molecule has 4 nitrogen and oxygen atoms in total. The molecule has 0 spiro atoms. The molecule has 0 aromatic rings. The van der Waals surface area contributed by atoms with Crippen LogP contribution in [0.1, 0.15) is 46.5 Å². The minimum Gasteiger partial charge on any atom is -0.444 e. The van der Waals surface area contributed by atoms with Crippen molar-refractivity contribution in [1.29, 1.82) is 0 Å². The van der Waals surface area contributed by atoms with E-state index in [4.69, 9.17) is 4.74 Å². The Balaban J connectivity index is 2.14. The first-order valence-corrected chi connectivity index (χ1v) is 6.63. The van der Waals surface area contributed by atoms with Gasteiger partial charge in [-0.1, -0.05) is 0 Å². The van der Waals surface area contributed by atoms with Crippen LogP contribution in [0.25, 0.3) is 0 Å². The highest BCUT2D eigenvalue weighted by molar-refractivity contribution is 5.69. The molecule has 18 heavy (non-hydrogen) atoms. The normalized spacial score (nSPS) is 36.4. The lowest BCUT2D eigenvalue weighted by molar-refractivity contribution is -0.0865. The van der Waals surface area contributed by atoms with Gasteiger partial charge in [-0.2, -0.15) is 0 Å². The first-order valence-electron chi connectivity index (χ1n) is 6.63. The number of rotatable bonds is 0. The Kier molecular flexibility index (Phi) is 3.54. The van der Waals surface area contributed by atoms with Gasteiger partial charge in [0.1, 0.15) is 11.8 Å². The fraction of sp³-hybridized carbons (Fsp3) is 0.923. The SMILES string of the molecule is CC(C)(C)OC(=O)N1[C@@H]2CCC[C@H]1[C@H](F)[C@H](O)C2. The van der Waals surface area contributed by atoms with Gasteiger partial charge in [0.25, 0.3) is 0 Å². The number of amides is 1. The van der Waals surface area contributed by atoms with Crippen molar-refractivity contribution in [3.63, 3.8) is 0 Å². The summed E-state index contributed by atoms with van der Waals surface area (Å²) in [6.45, 7) is 5.39. The molecule has 2 saturated heterocycles. The molecule has 0 aromatic heterocycles. The third-order valence-corrected chi connectivity index (χ3v) is 3.64. The zero-order chi connectivity index (χ0) is 13.5. The first kappa shape index (κ1) is 13.6. The Hall–Kier alpha value is -0.840. The Morgan fingerprint density at radius 2 is 2.06 bits per heavy atom. The summed E-state index contributed by atoms with van der Waals surface area (Å²) in [5.74, 6) is 0. The molecule has 2 fully saturated rings. The molecule has 2 bridgehead atoms. The predicted octanol–water partition coefficient (Wildman–Crippen LogP) is 2.25. The number of aliphatic hydroxyl groups is 1. The average molecular weight is 259 g/mol. The van der Waals surface area contributed by atoms with E-state index in [1.807, 2.05) is 0 Å². The van der Waals surface area contributed by atoms with E-state index in [0.717, 1.165) is 12.8 Å².